The van der Waals surface area contributed by atoms with Crippen molar-refractivity contribution in [2.45, 2.75) is 25.6 Å². The van der Waals surface area contributed by atoms with E-state index in [0.717, 1.165) is 5.56 Å². The van der Waals surface area contributed by atoms with Crippen LogP contribution in [0.15, 0.2) is 24.3 Å². The third-order valence-corrected chi connectivity index (χ3v) is 2.28. The lowest BCUT2D eigenvalue weighted by molar-refractivity contribution is 0.0987. The standard InChI is InChI=1S/C11H14FNO.ClH/c1-11(2)7-14-10(13-11)8-4-3-5-9(12)6-8;/h3-6,10,13H,7H2,1-2H3;1H. The molecule has 15 heavy (non-hydrogen) atoms. The molecule has 0 spiro atoms. The predicted molar refractivity (Wildman–Crippen MR) is 59.6 cm³/mol. The van der Waals surface area contributed by atoms with E-state index in [4.69, 9.17) is 4.74 Å². The molecule has 84 valence electrons. The average molecular weight is 232 g/mol. The van der Waals surface area contributed by atoms with E-state index in [1.54, 1.807) is 6.07 Å². The number of hydrogen-bond acceptors (Lipinski definition) is 2. The number of halogens is 2. The van der Waals surface area contributed by atoms with E-state index in [0.29, 0.717) is 6.61 Å². The van der Waals surface area contributed by atoms with Crippen LogP contribution in [0, 0.1) is 5.82 Å². The van der Waals surface area contributed by atoms with E-state index in [1.165, 1.54) is 12.1 Å². The van der Waals surface area contributed by atoms with Crippen LogP contribution in [0.25, 0.3) is 0 Å². The van der Waals surface area contributed by atoms with Crippen LogP contribution in [0.1, 0.15) is 25.6 Å². The molecule has 1 N–H and O–H groups in total. The lowest BCUT2D eigenvalue weighted by Crippen LogP contribution is -2.35. The normalized spacial score (nSPS) is 23.5. The third-order valence-electron chi connectivity index (χ3n) is 2.28. The zero-order chi connectivity index (χ0) is 10.2. The van der Waals surface area contributed by atoms with Gasteiger partial charge in [0.2, 0.25) is 0 Å². The summed E-state index contributed by atoms with van der Waals surface area (Å²) in [7, 11) is 0. The molecule has 1 heterocycles. The molecule has 0 radical (unpaired) electrons. The minimum Gasteiger partial charge on any atom is -0.357 e. The summed E-state index contributed by atoms with van der Waals surface area (Å²) in [5.74, 6) is -0.224. The molecular formula is C11H15ClFNO. The minimum atomic E-state index is -0.224. The smallest absolute Gasteiger partial charge is 0.134 e. The van der Waals surface area contributed by atoms with Crippen LogP contribution < -0.4 is 5.32 Å². The SMILES string of the molecule is CC1(C)COC(c2cccc(F)c2)N1.Cl. The number of hydrogen-bond donors (Lipinski definition) is 1. The molecule has 1 saturated heterocycles. The Morgan fingerprint density at radius 3 is 2.73 bits per heavy atom. The second kappa shape index (κ2) is 4.47. The minimum absolute atomic E-state index is 0. The molecule has 0 aliphatic carbocycles. The van der Waals surface area contributed by atoms with Crippen molar-refractivity contribution in [3.05, 3.63) is 35.6 Å². The Bertz CT molecular complexity index is 343. The van der Waals surface area contributed by atoms with Gasteiger partial charge in [-0.1, -0.05) is 12.1 Å². The maximum Gasteiger partial charge on any atom is 0.134 e. The topological polar surface area (TPSA) is 21.3 Å². The fourth-order valence-electron chi connectivity index (χ4n) is 1.58. The van der Waals surface area contributed by atoms with Gasteiger partial charge in [0.15, 0.2) is 0 Å². The highest BCUT2D eigenvalue weighted by Crippen LogP contribution is 2.25. The molecule has 4 heteroatoms. The molecule has 0 aromatic heterocycles. The molecule has 1 aromatic rings. The summed E-state index contributed by atoms with van der Waals surface area (Å²) in [6.07, 6.45) is -0.180. The molecule has 1 fully saturated rings. The van der Waals surface area contributed by atoms with Gasteiger partial charge in [0.1, 0.15) is 12.0 Å². The number of nitrogens with one attached hydrogen (secondary N) is 1. The number of benzene rings is 1. The highest BCUT2D eigenvalue weighted by atomic mass is 35.5. The van der Waals surface area contributed by atoms with Crippen LogP contribution in [-0.4, -0.2) is 12.1 Å². The Morgan fingerprint density at radius 2 is 2.20 bits per heavy atom. The van der Waals surface area contributed by atoms with Gasteiger partial charge in [0.05, 0.1) is 6.61 Å². The Hall–Kier alpha value is -0.640. The lowest BCUT2D eigenvalue weighted by Gasteiger charge is -2.17. The largest absolute Gasteiger partial charge is 0.357 e. The summed E-state index contributed by atoms with van der Waals surface area (Å²) in [4.78, 5) is 0. The van der Waals surface area contributed by atoms with Crippen molar-refractivity contribution in [1.82, 2.24) is 5.32 Å². The van der Waals surface area contributed by atoms with Gasteiger partial charge in [0, 0.05) is 5.54 Å². The van der Waals surface area contributed by atoms with Crippen LogP contribution in [0.2, 0.25) is 0 Å². The van der Waals surface area contributed by atoms with E-state index in [1.807, 2.05) is 6.07 Å². The van der Waals surface area contributed by atoms with Crippen molar-refractivity contribution in [3.8, 4) is 0 Å². The van der Waals surface area contributed by atoms with Crippen molar-refractivity contribution in [2.24, 2.45) is 0 Å². The first kappa shape index (κ1) is 12.4. The van der Waals surface area contributed by atoms with Crippen molar-refractivity contribution in [1.29, 1.82) is 0 Å². The molecule has 0 saturated carbocycles. The Balaban J connectivity index is 0.00000112. The molecule has 1 aliphatic rings. The molecule has 1 aliphatic heterocycles. The molecule has 2 rings (SSSR count). The van der Waals surface area contributed by atoms with Crippen molar-refractivity contribution in [3.63, 3.8) is 0 Å². The van der Waals surface area contributed by atoms with Gasteiger partial charge in [-0.2, -0.15) is 0 Å². The first-order valence-corrected chi connectivity index (χ1v) is 4.72. The number of ether oxygens (including phenoxy) is 1. The predicted octanol–water partition coefficient (Wildman–Crippen LogP) is 2.64. The van der Waals surface area contributed by atoms with Crippen LogP contribution >= 0.6 is 12.4 Å². The molecule has 0 amide bonds. The maximum atomic E-state index is 12.9. The van der Waals surface area contributed by atoms with Crippen LogP contribution in [-0.2, 0) is 4.74 Å². The summed E-state index contributed by atoms with van der Waals surface area (Å²) >= 11 is 0. The van der Waals surface area contributed by atoms with Crippen LogP contribution in [0.3, 0.4) is 0 Å². The van der Waals surface area contributed by atoms with Gasteiger partial charge < -0.3 is 4.74 Å². The van der Waals surface area contributed by atoms with E-state index in [2.05, 4.69) is 19.2 Å². The second-order valence-corrected chi connectivity index (χ2v) is 4.27. The third kappa shape index (κ3) is 2.91. The van der Waals surface area contributed by atoms with E-state index >= 15 is 0 Å². The maximum absolute atomic E-state index is 12.9. The van der Waals surface area contributed by atoms with Crippen LogP contribution in [0.5, 0.6) is 0 Å². The van der Waals surface area contributed by atoms with E-state index < -0.39 is 0 Å². The summed E-state index contributed by atoms with van der Waals surface area (Å²) in [5, 5.41) is 3.28. The quantitative estimate of drug-likeness (QED) is 0.803. The first-order chi connectivity index (χ1) is 6.57. The van der Waals surface area contributed by atoms with Gasteiger partial charge >= 0.3 is 0 Å². The Labute approximate surface area is 95.2 Å². The molecule has 0 bridgehead atoms. The fourth-order valence-corrected chi connectivity index (χ4v) is 1.58. The molecule has 1 aromatic carbocycles. The van der Waals surface area contributed by atoms with Gasteiger partial charge in [-0.15, -0.1) is 12.4 Å². The Kier molecular flexibility index (Phi) is 3.71. The Morgan fingerprint density at radius 1 is 1.47 bits per heavy atom. The van der Waals surface area contributed by atoms with Crippen molar-refractivity contribution in [2.75, 3.05) is 6.61 Å². The van der Waals surface area contributed by atoms with Gasteiger partial charge in [-0.25, -0.2) is 4.39 Å². The lowest BCUT2D eigenvalue weighted by atomic mass is 10.1. The van der Waals surface area contributed by atoms with Crippen LogP contribution in [0.4, 0.5) is 4.39 Å². The highest BCUT2D eigenvalue weighted by Gasteiger charge is 2.31. The molecular weight excluding hydrogens is 217 g/mol. The first-order valence-electron chi connectivity index (χ1n) is 4.72. The monoisotopic (exact) mass is 231 g/mol. The van der Waals surface area contributed by atoms with Crippen molar-refractivity contribution < 1.29 is 9.13 Å². The molecule has 1 unspecified atom stereocenters. The van der Waals surface area contributed by atoms with E-state index in [9.17, 15) is 4.39 Å². The van der Waals surface area contributed by atoms with Crippen molar-refractivity contribution >= 4 is 12.4 Å². The highest BCUT2D eigenvalue weighted by molar-refractivity contribution is 5.85. The average Bonchev–Trinajstić information content (AvgIpc) is 2.46. The van der Waals surface area contributed by atoms with Gasteiger partial charge in [-0.3, -0.25) is 5.32 Å². The second-order valence-electron chi connectivity index (χ2n) is 4.27. The summed E-state index contributed by atoms with van der Waals surface area (Å²) < 4.78 is 18.5. The summed E-state index contributed by atoms with van der Waals surface area (Å²) in [6, 6.07) is 6.49. The summed E-state index contributed by atoms with van der Waals surface area (Å²) in [5.41, 5.74) is 0.812. The van der Waals surface area contributed by atoms with Gasteiger partial charge in [-0.05, 0) is 31.5 Å². The summed E-state index contributed by atoms with van der Waals surface area (Å²) in [6.45, 7) is 4.77. The zero-order valence-corrected chi connectivity index (χ0v) is 9.60. The molecule has 1 atom stereocenters. The number of rotatable bonds is 1. The van der Waals surface area contributed by atoms with Gasteiger partial charge in [0.25, 0.3) is 0 Å². The van der Waals surface area contributed by atoms with E-state index in [-0.39, 0.29) is 30.0 Å². The zero-order valence-electron chi connectivity index (χ0n) is 8.79. The fraction of sp³-hybridized carbons (Fsp3) is 0.455. The molecule has 2 nitrogen and oxygen atoms in total.